The first kappa shape index (κ1) is 10.5. The van der Waals surface area contributed by atoms with Gasteiger partial charge in [-0.25, -0.2) is 0 Å². The highest BCUT2D eigenvalue weighted by Gasteiger charge is 2.38. The van der Waals surface area contributed by atoms with Crippen LogP contribution < -0.4 is 0 Å². The molecule has 88 valence electrons. The molecule has 1 aliphatic carbocycles. The zero-order valence-corrected chi connectivity index (χ0v) is 9.81. The summed E-state index contributed by atoms with van der Waals surface area (Å²) in [7, 11) is 0. The molecule has 2 aromatic rings. The van der Waals surface area contributed by atoms with Crippen LogP contribution in [0, 0.1) is 6.92 Å². The Hall–Kier alpha value is -1.61. The van der Waals surface area contributed by atoms with Gasteiger partial charge in [0.05, 0.1) is 6.26 Å². The first-order valence-electron chi connectivity index (χ1n) is 5.92. The first-order chi connectivity index (χ1) is 8.22. The Morgan fingerprint density at radius 2 is 2.24 bits per heavy atom. The summed E-state index contributed by atoms with van der Waals surface area (Å²) in [5, 5.41) is 11.0. The molecule has 0 aliphatic heterocycles. The SMILES string of the molecule is Cc1ccncc1C1(O)CCCc2occc21. The highest BCUT2D eigenvalue weighted by Crippen LogP contribution is 2.41. The minimum absolute atomic E-state index is 0.728. The maximum Gasteiger partial charge on any atom is 0.120 e. The number of nitrogens with zero attached hydrogens (tertiary/aromatic N) is 1. The number of hydrogen-bond acceptors (Lipinski definition) is 3. The maximum absolute atomic E-state index is 11.0. The third-order valence-electron chi connectivity index (χ3n) is 3.62. The number of aliphatic hydroxyl groups is 1. The molecule has 3 rings (SSSR count). The van der Waals surface area contributed by atoms with Gasteiger partial charge in [0.2, 0.25) is 0 Å². The number of aromatic nitrogens is 1. The molecular formula is C14H15NO2. The van der Waals surface area contributed by atoms with Crippen molar-refractivity contribution in [1.29, 1.82) is 0 Å². The monoisotopic (exact) mass is 229 g/mol. The number of pyridine rings is 1. The van der Waals surface area contributed by atoms with Gasteiger partial charge in [0.25, 0.3) is 0 Å². The van der Waals surface area contributed by atoms with Crippen molar-refractivity contribution in [3.05, 3.63) is 53.2 Å². The van der Waals surface area contributed by atoms with Gasteiger partial charge in [0, 0.05) is 29.9 Å². The van der Waals surface area contributed by atoms with Gasteiger partial charge in [-0.2, -0.15) is 0 Å². The number of rotatable bonds is 1. The third-order valence-corrected chi connectivity index (χ3v) is 3.62. The molecule has 0 aromatic carbocycles. The second-order valence-corrected chi connectivity index (χ2v) is 4.66. The summed E-state index contributed by atoms with van der Waals surface area (Å²) in [6, 6.07) is 3.81. The molecule has 1 aliphatic rings. The van der Waals surface area contributed by atoms with Crippen molar-refractivity contribution in [3.63, 3.8) is 0 Å². The lowest BCUT2D eigenvalue weighted by molar-refractivity contribution is 0.0580. The highest BCUT2D eigenvalue weighted by molar-refractivity contribution is 5.41. The zero-order chi connectivity index (χ0) is 11.9. The standard InChI is InChI=1S/C14H15NO2/c1-10-4-7-15-9-12(10)14(16)6-2-3-13-11(14)5-8-17-13/h4-5,7-9,16H,2-3,6H2,1H3. The third kappa shape index (κ3) is 1.50. The summed E-state index contributed by atoms with van der Waals surface area (Å²) < 4.78 is 5.43. The van der Waals surface area contributed by atoms with E-state index in [0.717, 1.165) is 41.7 Å². The van der Waals surface area contributed by atoms with Crippen molar-refractivity contribution in [3.8, 4) is 0 Å². The van der Waals surface area contributed by atoms with Crippen molar-refractivity contribution in [2.45, 2.75) is 31.8 Å². The van der Waals surface area contributed by atoms with Crippen molar-refractivity contribution >= 4 is 0 Å². The zero-order valence-electron chi connectivity index (χ0n) is 9.81. The van der Waals surface area contributed by atoms with Crippen molar-refractivity contribution < 1.29 is 9.52 Å². The van der Waals surface area contributed by atoms with Gasteiger partial charge in [-0.05, 0) is 37.5 Å². The Morgan fingerprint density at radius 3 is 3.06 bits per heavy atom. The maximum atomic E-state index is 11.0. The molecule has 1 atom stereocenters. The molecule has 1 unspecified atom stereocenters. The molecule has 0 radical (unpaired) electrons. The lowest BCUT2D eigenvalue weighted by Crippen LogP contribution is -2.32. The van der Waals surface area contributed by atoms with E-state index in [1.165, 1.54) is 0 Å². The number of aryl methyl sites for hydroxylation is 2. The first-order valence-corrected chi connectivity index (χ1v) is 5.92. The van der Waals surface area contributed by atoms with Gasteiger partial charge < -0.3 is 9.52 Å². The summed E-state index contributed by atoms with van der Waals surface area (Å²) in [4.78, 5) is 4.13. The molecule has 0 amide bonds. The Morgan fingerprint density at radius 1 is 1.35 bits per heavy atom. The van der Waals surface area contributed by atoms with Crippen LogP contribution in [0.2, 0.25) is 0 Å². The molecule has 0 saturated carbocycles. The summed E-state index contributed by atoms with van der Waals surface area (Å²) in [5.74, 6) is 0.905. The van der Waals surface area contributed by atoms with Gasteiger partial charge in [-0.1, -0.05) is 0 Å². The average Bonchev–Trinajstić information content (AvgIpc) is 2.79. The molecule has 0 saturated heterocycles. The Labute approximate surface area is 100 Å². The fourth-order valence-electron chi connectivity index (χ4n) is 2.72. The van der Waals surface area contributed by atoms with E-state index in [4.69, 9.17) is 4.42 Å². The second kappa shape index (κ2) is 3.70. The summed E-state index contributed by atoms with van der Waals surface area (Å²) in [6.07, 6.45) is 7.74. The topological polar surface area (TPSA) is 46.3 Å². The van der Waals surface area contributed by atoms with Gasteiger partial charge in [-0.3, -0.25) is 4.98 Å². The molecular weight excluding hydrogens is 214 g/mol. The van der Waals surface area contributed by atoms with Crippen LogP contribution in [0.3, 0.4) is 0 Å². The summed E-state index contributed by atoms with van der Waals surface area (Å²) in [5.41, 5.74) is 1.93. The fourth-order valence-corrected chi connectivity index (χ4v) is 2.72. The van der Waals surface area contributed by atoms with Crippen LogP contribution in [0.4, 0.5) is 0 Å². The Kier molecular flexibility index (Phi) is 2.30. The molecule has 0 bridgehead atoms. The Balaban J connectivity index is 2.18. The van der Waals surface area contributed by atoms with Crippen LogP contribution in [-0.2, 0) is 12.0 Å². The molecule has 3 heteroatoms. The van der Waals surface area contributed by atoms with Gasteiger partial charge in [0.15, 0.2) is 0 Å². The quantitative estimate of drug-likeness (QED) is 0.817. The van der Waals surface area contributed by atoms with Crippen LogP contribution in [-0.4, -0.2) is 10.1 Å². The Bertz CT molecular complexity index is 547. The van der Waals surface area contributed by atoms with E-state index in [9.17, 15) is 5.11 Å². The lowest BCUT2D eigenvalue weighted by atomic mass is 9.77. The molecule has 2 aromatic heterocycles. The highest BCUT2D eigenvalue weighted by atomic mass is 16.3. The minimum atomic E-state index is -0.932. The number of fused-ring (bicyclic) bond motifs is 1. The van der Waals surface area contributed by atoms with E-state index in [2.05, 4.69) is 4.98 Å². The van der Waals surface area contributed by atoms with E-state index >= 15 is 0 Å². The number of furan rings is 1. The van der Waals surface area contributed by atoms with Crippen molar-refractivity contribution in [1.82, 2.24) is 4.98 Å². The molecule has 2 heterocycles. The van der Waals surface area contributed by atoms with E-state index < -0.39 is 5.60 Å². The fraction of sp³-hybridized carbons (Fsp3) is 0.357. The minimum Gasteiger partial charge on any atom is -0.469 e. The summed E-state index contributed by atoms with van der Waals surface area (Å²) in [6.45, 7) is 2.00. The van der Waals surface area contributed by atoms with Crippen LogP contribution in [0.15, 0.2) is 35.2 Å². The smallest absolute Gasteiger partial charge is 0.120 e. The van der Waals surface area contributed by atoms with Crippen LogP contribution >= 0.6 is 0 Å². The molecule has 0 spiro atoms. The predicted molar refractivity (Wildman–Crippen MR) is 63.6 cm³/mol. The van der Waals surface area contributed by atoms with Gasteiger partial charge in [-0.15, -0.1) is 0 Å². The van der Waals surface area contributed by atoms with Crippen LogP contribution in [0.5, 0.6) is 0 Å². The van der Waals surface area contributed by atoms with E-state index in [1.807, 2.05) is 19.1 Å². The van der Waals surface area contributed by atoms with Gasteiger partial charge >= 0.3 is 0 Å². The van der Waals surface area contributed by atoms with Crippen molar-refractivity contribution in [2.24, 2.45) is 0 Å². The number of hydrogen-bond donors (Lipinski definition) is 1. The predicted octanol–water partition coefficient (Wildman–Crippen LogP) is 2.56. The van der Waals surface area contributed by atoms with Crippen LogP contribution in [0.25, 0.3) is 0 Å². The van der Waals surface area contributed by atoms with E-state index in [-0.39, 0.29) is 0 Å². The van der Waals surface area contributed by atoms with E-state index in [1.54, 1.807) is 18.7 Å². The average molecular weight is 229 g/mol. The molecule has 3 nitrogen and oxygen atoms in total. The molecule has 1 N–H and O–H groups in total. The molecule has 17 heavy (non-hydrogen) atoms. The van der Waals surface area contributed by atoms with Crippen LogP contribution in [0.1, 0.15) is 35.3 Å². The van der Waals surface area contributed by atoms with Crippen molar-refractivity contribution in [2.75, 3.05) is 0 Å². The van der Waals surface area contributed by atoms with E-state index in [0.29, 0.717) is 0 Å². The van der Waals surface area contributed by atoms with Gasteiger partial charge in [0.1, 0.15) is 11.4 Å². The molecule has 0 fully saturated rings. The normalized spacial score (nSPS) is 23.4. The lowest BCUT2D eigenvalue weighted by Gasteiger charge is -2.32. The largest absolute Gasteiger partial charge is 0.469 e. The summed E-state index contributed by atoms with van der Waals surface area (Å²) >= 11 is 0. The second-order valence-electron chi connectivity index (χ2n) is 4.66.